The van der Waals surface area contributed by atoms with Crippen molar-refractivity contribution >= 4 is 44.1 Å². The molecule has 0 aliphatic heterocycles. The van der Waals surface area contributed by atoms with Crippen LogP contribution < -0.4 is 11.1 Å². The zero-order valence-corrected chi connectivity index (χ0v) is 12.7. The van der Waals surface area contributed by atoms with Crippen molar-refractivity contribution in [2.24, 2.45) is 0 Å². The van der Waals surface area contributed by atoms with Crippen LogP contribution in [0.3, 0.4) is 0 Å². The minimum Gasteiger partial charge on any atom is -0.399 e. The van der Waals surface area contributed by atoms with Gasteiger partial charge >= 0.3 is 0 Å². The molecule has 0 atom stereocenters. The maximum atomic E-state index is 12.4. The van der Waals surface area contributed by atoms with Crippen LogP contribution in [-0.4, -0.2) is 21.1 Å². The van der Waals surface area contributed by atoms with Gasteiger partial charge in [-0.2, -0.15) is 5.10 Å². The molecule has 2 heterocycles. The molecule has 0 saturated heterocycles. The highest BCUT2D eigenvalue weighted by Gasteiger charge is 2.15. The lowest BCUT2D eigenvalue weighted by atomic mass is 10.2. The molecule has 21 heavy (non-hydrogen) atoms. The molecule has 3 aromatic rings. The first-order valence-electron chi connectivity index (χ1n) is 6.22. The summed E-state index contributed by atoms with van der Waals surface area (Å²) < 4.78 is 0.719. The molecule has 7 heteroatoms. The number of aromatic nitrogens is 3. The molecular weight excluding hydrogens is 334 g/mol. The minimum atomic E-state index is -0.306. The Balaban J connectivity index is 1.95. The van der Waals surface area contributed by atoms with Gasteiger partial charge in [-0.1, -0.05) is 0 Å². The summed E-state index contributed by atoms with van der Waals surface area (Å²) in [5, 5.41) is 10.4. The van der Waals surface area contributed by atoms with Crippen molar-refractivity contribution in [2.75, 3.05) is 11.1 Å². The number of H-pyrrole nitrogens is 1. The van der Waals surface area contributed by atoms with Crippen molar-refractivity contribution in [3.05, 3.63) is 46.3 Å². The number of rotatable bonds is 2. The average Bonchev–Trinajstić information content (AvgIpc) is 2.85. The van der Waals surface area contributed by atoms with Crippen LogP contribution >= 0.6 is 15.9 Å². The fraction of sp³-hybridized carbons (Fsp3) is 0.0714. The third-order valence-electron chi connectivity index (χ3n) is 3.10. The molecule has 1 amide bonds. The largest absolute Gasteiger partial charge is 0.399 e. The third kappa shape index (κ3) is 2.59. The van der Waals surface area contributed by atoms with Crippen LogP contribution in [0, 0.1) is 6.92 Å². The maximum absolute atomic E-state index is 12.4. The fourth-order valence-electron chi connectivity index (χ4n) is 2.05. The smallest absolute Gasteiger partial charge is 0.276 e. The Morgan fingerprint density at radius 3 is 2.90 bits per heavy atom. The highest BCUT2D eigenvalue weighted by atomic mass is 79.9. The van der Waals surface area contributed by atoms with Crippen molar-refractivity contribution in [3.63, 3.8) is 0 Å². The first kappa shape index (κ1) is 13.6. The number of carbonyl (C=O) groups excluding carboxylic acids is 1. The van der Waals surface area contributed by atoms with E-state index in [9.17, 15) is 4.79 Å². The Morgan fingerprint density at radius 1 is 1.33 bits per heavy atom. The second-order valence-corrected chi connectivity index (χ2v) is 5.41. The number of fused-ring (bicyclic) bond motifs is 1. The van der Waals surface area contributed by atoms with Crippen LogP contribution in [-0.2, 0) is 0 Å². The lowest BCUT2D eigenvalue weighted by molar-refractivity contribution is 0.102. The first-order valence-corrected chi connectivity index (χ1v) is 7.02. The van der Waals surface area contributed by atoms with Crippen molar-refractivity contribution in [2.45, 2.75) is 6.92 Å². The molecule has 0 fully saturated rings. The van der Waals surface area contributed by atoms with Gasteiger partial charge in [-0.3, -0.25) is 9.89 Å². The summed E-state index contributed by atoms with van der Waals surface area (Å²) in [6.45, 7) is 1.82. The van der Waals surface area contributed by atoms with Crippen molar-refractivity contribution in [1.29, 1.82) is 0 Å². The summed E-state index contributed by atoms with van der Waals surface area (Å²) in [5.41, 5.74) is 8.77. The van der Waals surface area contributed by atoms with Gasteiger partial charge in [-0.05, 0) is 53.2 Å². The van der Waals surface area contributed by atoms with Gasteiger partial charge in [0.05, 0.1) is 16.9 Å². The second kappa shape index (κ2) is 5.17. The van der Waals surface area contributed by atoms with E-state index >= 15 is 0 Å². The minimum absolute atomic E-state index is 0.305. The number of aromatic amines is 1. The van der Waals surface area contributed by atoms with Crippen molar-refractivity contribution in [3.8, 4) is 0 Å². The van der Waals surface area contributed by atoms with E-state index in [1.54, 1.807) is 30.3 Å². The Labute approximate surface area is 128 Å². The number of benzene rings is 1. The monoisotopic (exact) mass is 345 g/mol. The van der Waals surface area contributed by atoms with E-state index in [0.717, 1.165) is 15.8 Å². The number of nitrogens with two attached hydrogens (primary N) is 1. The number of nitrogens with one attached hydrogen (secondary N) is 2. The topological polar surface area (TPSA) is 96.7 Å². The summed E-state index contributed by atoms with van der Waals surface area (Å²) in [7, 11) is 0. The first-order chi connectivity index (χ1) is 10.0. The van der Waals surface area contributed by atoms with E-state index in [1.807, 2.05) is 6.92 Å². The van der Waals surface area contributed by atoms with E-state index in [0.29, 0.717) is 22.5 Å². The number of nitrogens with zero attached hydrogens (tertiary/aromatic N) is 2. The van der Waals surface area contributed by atoms with Crippen LogP contribution in [0.4, 0.5) is 11.4 Å². The van der Waals surface area contributed by atoms with Crippen LogP contribution in [0.5, 0.6) is 0 Å². The zero-order valence-electron chi connectivity index (χ0n) is 11.1. The number of pyridine rings is 1. The molecule has 3 rings (SSSR count). The predicted octanol–water partition coefficient (Wildman–Crippen LogP) is 2.86. The lowest BCUT2D eigenvalue weighted by Gasteiger charge is -2.06. The molecule has 0 spiro atoms. The Morgan fingerprint density at radius 2 is 2.14 bits per heavy atom. The Bertz CT molecular complexity index is 842. The van der Waals surface area contributed by atoms with Gasteiger partial charge in [0.2, 0.25) is 0 Å². The van der Waals surface area contributed by atoms with Gasteiger partial charge in [0.1, 0.15) is 4.60 Å². The number of anilines is 2. The van der Waals surface area contributed by atoms with Gasteiger partial charge in [0, 0.05) is 11.1 Å². The normalized spacial score (nSPS) is 10.8. The summed E-state index contributed by atoms with van der Waals surface area (Å²) in [6, 6.07) is 8.82. The number of carbonyl (C=O) groups is 1. The number of hydrogen-bond donors (Lipinski definition) is 3. The van der Waals surface area contributed by atoms with Gasteiger partial charge in [-0.15, -0.1) is 0 Å². The standard InChI is InChI=1S/C14H12BrN5O/c1-7-10(4-5-12(15)17-7)18-14(21)13-9-6-8(16)2-3-11(9)19-20-13/h2-6H,16H2,1H3,(H,18,21)(H,19,20). The number of halogens is 1. The molecular formula is C14H12BrN5O. The quantitative estimate of drug-likeness (QED) is 0.491. The summed E-state index contributed by atoms with van der Waals surface area (Å²) in [5.74, 6) is -0.306. The molecule has 6 nitrogen and oxygen atoms in total. The molecule has 0 aliphatic rings. The van der Waals surface area contributed by atoms with Crippen molar-refractivity contribution < 1.29 is 4.79 Å². The Kier molecular flexibility index (Phi) is 3.34. The molecule has 1 aromatic carbocycles. The fourth-order valence-corrected chi connectivity index (χ4v) is 2.45. The summed E-state index contributed by atoms with van der Waals surface area (Å²) >= 11 is 3.29. The van der Waals surface area contributed by atoms with Crippen LogP contribution in [0.25, 0.3) is 10.9 Å². The SMILES string of the molecule is Cc1nc(Br)ccc1NC(=O)c1n[nH]c2ccc(N)cc12. The van der Waals surface area contributed by atoms with Gasteiger partial charge in [-0.25, -0.2) is 4.98 Å². The number of aryl methyl sites for hydroxylation is 1. The maximum Gasteiger partial charge on any atom is 0.276 e. The molecule has 0 saturated carbocycles. The third-order valence-corrected chi connectivity index (χ3v) is 3.54. The van der Waals surface area contributed by atoms with Gasteiger partial charge in [0.15, 0.2) is 5.69 Å². The Hall–Kier alpha value is -2.41. The van der Waals surface area contributed by atoms with E-state index in [2.05, 4.69) is 36.4 Å². The molecule has 0 radical (unpaired) electrons. The van der Waals surface area contributed by atoms with Gasteiger partial charge in [0.25, 0.3) is 5.91 Å². The predicted molar refractivity (Wildman–Crippen MR) is 85.1 cm³/mol. The van der Waals surface area contributed by atoms with Crippen LogP contribution in [0.2, 0.25) is 0 Å². The van der Waals surface area contributed by atoms with E-state index < -0.39 is 0 Å². The number of amides is 1. The molecule has 4 N–H and O–H groups in total. The van der Waals surface area contributed by atoms with E-state index in [-0.39, 0.29) is 5.91 Å². The lowest BCUT2D eigenvalue weighted by Crippen LogP contribution is -2.14. The highest BCUT2D eigenvalue weighted by Crippen LogP contribution is 2.21. The summed E-state index contributed by atoms with van der Waals surface area (Å²) in [4.78, 5) is 16.6. The molecule has 2 aromatic heterocycles. The zero-order chi connectivity index (χ0) is 15.0. The number of hydrogen-bond acceptors (Lipinski definition) is 4. The van der Waals surface area contributed by atoms with Gasteiger partial charge < -0.3 is 11.1 Å². The average molecular weight is 346 g/mol. The number of nitrogen functional groups attached to an aromatic ring is 1. The van der Waals surface area contributed by atoms with E-state index in [1.165, 1.54) is 0 Å². The van der Waals surface area contributed by atoms with Crippen molar-refractivity contribution in [1.82, 2.24) is 15.2 Å². The summed E-state index contributed by atoms with van der Waals surface area (Å²) in [6.07, 6.45) is 0. The molecule has 106 valence electrons. The van der Waals surface area contributed by atoms with Crippen LogP contribution in [0.1, 0.15) is 16.2 Å². The molecule has 0 aliphatic carbocycles. The highest BCUT2D eigenvalue weighted by molar-refractivity contribution is 9.10. The molecule has 0 unspecified atom stereocenters. The van der Waals surface area contributed by atoms with E-state index in [4.69, 9.17) is 5.73 Å². The van der Waals surface area contributed by atoms with Crippen LogP contribution in [0.15, 0.2) is 34.9 Å². The second-order valence-electron chi connectivity index (χ2n) is 4.60. The molecule has 0 bridgehead atoms.